The third-order valence-corrected chi connectivity index (χ3v) is 4.59. The number of nitrogens with zero attached hydrogens (tertiary/aromatic N) is 1. The number of benzene rings is 2. The zero-order valence-corrected chi connectivity index (χ0v) is 14.8. The van der Waals surface area contributed by atoms with Crippen molar-refractivity contribution >= 4 is 23.2 Å². The molecule has 4 nitrogen and oxygen atoms in total. The Labute approximate surface area is 146 Å². The normalized spacial score (nSPS) is 16.3. The van der Waals surface area contributed by atoms with Gasteiger partial charge in [0, 0.05) is 5.02 Å². The predicted octanol–water partition coefficient (Wildman–Crippen LogP) is 4.15. The summed E-state index contributed by atoms with van der Waals surface area (Å²) in [7, 11) is 0. The summed E-state index contributed by atoms with van der Waals surface area (Å²) < 4.78 is 11.5. The third-order valence-electron chi connectivity index (χ3n) is 4.00. The van der Waals surface area contributed by atoms with Gasteiger partial charge < -0.3 is 14.4 Å². The molecule has 5 heteroatoms. The SMILES string of the molecule is Cc1cc(OCC(=O)N2C[C@H](C)Oc3ccccc32)cc(C)c1Cl. The molecule has 126 valence electrons. The lowest BCUT2D eigenvalue weighted by atomic mass is 10.1. The minimum Gasteiger partial charge on any atom is -0.487 e. The van der Waals surface area contributed by atoms with Crippen LogP contribution in [0.1, 0.15) is 18.1 Å². The van der Waals surface area contributed by atoms with E-state index in [0.717, 1.165) is 27.6 Å². The molecule has 0 saturated heterocycles. The Bertz CT molecular complexity index is 752. The van der Waals surface area contributed by atoms with Crippen LogP contribution in [0.15, 0.2) is 36.4 Å². The summed E-state index contributed by atoms with van der Waals surface area (Å²) in [5.41, 5.74) is 2.65. The van der Waals surface area contributed by atoms with Gasteiger partial charge >= 0.3 is 0 Å². The van der Waals surface area contributed by atoms with E-state index in [1.165, 1.54) is 0 Å². The topological polar surface area (TPSA) is 38.8 Å². The van der Waals surface area contributed by atoms with E-state index in [1.807, 2.05) is 57.2 Å². The van der Waals surface area contributed by atoms with Crippen LogP contribution in [0.5, 0.6) is 11.5 Å². The number of aryl methyl sites for hydroxylation is 2. The van der Waals surface area contributed by atoms with Crippen LogP contribution >= 0.6 is 11.6 Å². The van der Waals surface area contributed by atoms with Crippen LogP contribution in [0.4, 0.5) is 5.69 Å². The van der Waals surface area contributed by atoms with E-state index in [9.17, 15) is 4.79 Å². The molecule has 0 saturated carbocycles. The number of hydrogen-bond donors (Lipinski definition) is 0. The standard InChI is InChI=1S/C19H20ClNO3/c1-12-8-15(9-13(2)19(12)20)23-11-18(22)21-10-14(3)24-17-7-5-4-6-16(17)21/h4-9,14H,10-11H2,1-3H3/t14-/m0/s1. The Morgan fingerprint density at radius 3 is 2.67 bits per heavy atom. The van der Waals surface area contributed by atoms with Crippen molar-refractivity contribution < 1.29 is 14.3 Å². The number of halogens is 1. The van der Waals surface area contributed by atoms with Gasteiger partial charge in [-0.3, -0.25) is 4.79 Å². The van der Waals surface area contributed by atoms with Crippen molar-refractivity contribution in [3.63, 3.8) is 0 Å². The fourth-order valence-corrected chi connectivity index (χ4v) is 2.95. The molecule has 1 amide bonds. The molecule has 24 heavy (non-hydrogen) atoms. The van der Waals surface area contributed by atoms with Gasteiger partial charge in [-0.1, -0.05) is 23.7 Å². The monoisotopic (exact) mass is 345 g/mol. The molecule has 0 spiro atoms. The lowest BCUT2D eigenvalue weighted by Gasteiger charge is -2.33. The molecule has 1 aliphatic rings. The summed E-state index contributed by atoms with van der Waals surface area (Å²) in [6.07, 6.45) is -0.0520. The molecule has 0 aliphatic carbocycles. The summed E-state index contributed by atoms with van der Waals surface area (Å²) in [6.45, 7) is 6.27. The summed E-state index contributed by atoms with van der Waals surface area (Å²) >= 11 is 6.16. The molecule has 0 unspecified atom stereocenters. The number of rotatable bonds is 3. The first-order valence-corrected chi connectivity index (χ1v) is 8.29. The fourth-order valence-electron chi connectivity index (χ4n) is 2.84. The van der Waals surface area contributed by atoms with Crippen LogP contribution in [0.25, 0.3) is 0 Å². The molecule has 1 atom stereocenters. The average Bonchev–Trinajstić information content (AvgIpc) is 2.56. The Hall–Kier alpha value is -2.20. The highest BCUT2D eigenvalue weighted by Gasteiger charge is 2.27. The molecular formula is C19H20ClNO3. The van der Waals surface area contributed by atoms with E-state index in [0.29, 0.717) is 12.3 Å². The lowest BCUT2D eigenvalue weighted by Crippen LogP contribution is -2.44. The molecule has 0 aromatic heterocycles. The minimum atomic E-state index is -0.0946. The highest BCUT2D eigenvalue weighted by molar-refractivity contribution is 6.32. The molecular weight excluding hydrogens is 326 g/mol. The number of fused-ring (bicyclic) bond motifs is 1. The van der Waals surface area contributed by atoms with E-state index in [2.05, 4.69) is 0 Å². The van der Waals surface area contributed by atoms with Gasteiger partial charge in [0.15, 0.2) is 6.61 Å². The number of carbonyl (C=O) groups excluding carboxylic acids is 1. The number of carbonyl (C=O) groups is 1. The quantitative estimate of drug-likeness (QED) is 0.838. The maximum absolute atomic E-state index is 12.6. The average molecular weight is 346 g/mol. The van der Waals surface area contributed by atoms with Crippen molar-refractivity contribution in [2.24, 2.45) is 0 Å². The number of ether oxygens (including phenoxy) is 2. The van der Waals surface area contributed by atoms with Crippen LogP contribution in [-0.2, 0) is 4.79 Å². The van der Waals surface area contributed by atoms with Gasteiger partial charge in [0.2, 0.25) is 0 Å². The minimum absolute atomic E-state index is 0.0262. The second-order valence-electron chi connectivity index (χ2n) is 6.06. The Morgan fingerprint density at radius 1 is 1.29 bits per heavy atom. The Kier molecular flexibility index (Phi) is 4.67. The first-order chi connectivity index (χ1) is 11.5. The van der Waals surface area contributed by atoms with Crippen molar-refractivity contribution in [1.82, 2.24) is 0 Å². The zero-order valence-electron chi connectivity index (χ0n) is 14.0. The van der Waals surface area contributed by atoms with Gasteiger partial charge in [-0.05, 0) is 56.2 Å². The first-order valence-electron chi connectivity index (χ1n) is 7.91. The van der Waals surface area contributed by atoms with Crippen LogP contribution in [-0.4, -0.2) is 25.2 Å². The van der Waals surface area contributed by atoms with E-state index < -0.39 is 0 Å². The van der Waals surface area contributed by atoms with E-state index in [-0.39, 0.29) is 18.6 Å². The summed E-state index contributed by atoms with van der Waals surface area (Å²) in [5.74, 6) is 1.28. The first kappa shape index (κ1) is 16.7. The molecule has 0 fully saturated rings. The summed E-state index contributed by atoms with van der Waals surface area (Å²) in [6, 6.07) is 11.2. The molecule has 0 bridgehead atoms. The van der Waals surface area contributed by atoms with Crippen LogP contribution in [0, 0.1) is 13.8 Å². The van der Waals surface area contributed by atoms with Crippen molar-refractivity contribution in [3.8, 4) is 11.5 Å². The number of hydrogen-bond acceptors (Lipinski definition) is 3. The van der Waals surface area contributed by atoms with Crippen molar-refractivity contribution in [1.29, 1.82) is 0 Å². The molecule has 2 aromatic carbocycles. The second-order valence-corrected chi connectivity index (χ2v) is 6.44. The second kappa shape index (κ2) is 6.73. The highest BCUT2D eigenvalue weighted by Crippen LogP contribution is 2.33. The third kappa shape index (κ3) is 3.34. The molecule has 3 rings (SSSR count). The maximum atomic E-state index is 12.6. The van der Waals surface area contributed by atoms with E-state index in [1.54, 1.807) is 4.90 Å². The Morgan fingerprint density at radius 2 is 1.96 bits per heavy atom. The van der Waals surface area contributed by atoms with Crippen molar-refractivity contribution in [3.05, 3.63) is 52.5 Å². The molecule has 0 radical (unpaired) electrons. The smallest absolute Gasteiger partial charge is 0.265 e. The van der Waals surface area contributed by atoms with Crippen LogP contribution < -0.4 is 14.4 Å². The molecule has 1 aliphatic heterocycles. The number of para-hydroxylation sites is 2. The van der Waals surface area contributed by atoms with Crippen molar-refractivity contribution in [2.45, 2.75) is 26.9 Å². The summed E-state index contributed by atoms with van der Waals surface area (Å²) in [4.78, 5) is 14.4. The molecule has 0 N–H and O–H groups in total. The van der Waals surface area contributed by atoms with Gasteiger partial charge in [-0.25, -0.2) is 0 Å². The van der Waals surface area contributed by atoms with E-state index >= 15 is 0 Å². The zero-order chi connectivity index (χ0) is 17.3. The highest BCUT2D eigenvalue weighted by atomic mass is 35.5. The number of anilines is 1. The largest absolute Gasteiger partial charge is 0.487 e. The maximum Gasteiger partial charge on any atom is 0.265 e. The number of amides is 1. The van der Waals surface area contributed by atoms with Crippen LogP contribution in [0.2, 0.25) is 5.02 Å². The summed E-state index contributed by atoms with van der Waals surface area (Å²) in [5, 5.41) is 0.726. The fraction of sp³-hybridized carbons (Fsp3) is 0.316. The van der Waals surface area contributed by atoms with Gasteiger partial charge in [0.05, 0.1) is 12.2 Å². The van der Waals surface area contributed by atoms with Gasteiger partial charge in [-0.15, -0.1) is 0 Å². The van der Waals surface area contributed by atoms with Gasteiger partial charge in [0.25, 0.3) is 5.91 Å². The predicted molar refractivity (Wildman–Crippen MR) is 95.3 cm³/mol. The lowest BCUT2D eigenvalue weighted by molar-refractivity contribution is -0.121. The molecule has 1 heterocycles. The van der Waals surface area contributed by atoms with Gasteiger partial charge in [0.1, 0.15) is 17.6 Å². The van der Waals surface area contributed by atoms with Gasteiger partial charge in [-0.2, -0.15) is 0 Å². The van der Waals surface area contributed by atoms with E-state index in [4.69, 9.17) is 21.1 Å². The van der Waals surface area contributed by atoms with Crippen LogP contribution in [0.3, 0.4) is 0 Å². The van der Waals surface area contributed by atoms with Crippen molar-refractivity contribution in [2.75, 3.05) is 18.1 Å². The Balaban J connectivity index is 1.74. The molecule has 2 aromatic rings.